The Balaban J connectivity index is 1.90. The number of amides is 3. The lowest BCUT2D eigenvalue weighted by Crippen LogP contribution is -2.57. The van der Waals surface area contributed by atoms with Crippen LogP contribution in [0.3, 0.4) is 0 Å². The van der Waals surface area contributed by atoms with Crippen molar-refractivity contribution in [3.8, 4) is 0 Å². The molecule has 9 nitrogen and oxygen atoms in total. The molecule has 0 heterocycles. The molecule has 182 valence electrons. The molecule has 3 amide bonds. The highest BCUT2D eigenvalue weighted by Crippen LogP contribution is 2.05. The summed E-state index contributed by atoms with van der Waals surface area (Å²) in [5.41, 5.74) is 7.57. The molecule has 2 aromatic carbocycles. The van der Waals surface area contributed by atoms with Crippen molar-refractivity contribution in [2.75, 3.05) is 5.75 Å². The van der Waals surface area contributed by atoms with Crippen molar-refractivity contribution in [2.24, 2.45) is 5.73 Å². The molecule has 10 heteroatoms. The molecule has 0 spiro atoms. The topological polar surface area (TPSA) is 151 Å². The van der Waals surface area contributed by atoms with Crippen molar-refractivity contribution in [3.05, 3.63) is 71.8 Å². The smallest absolute Gasteiger partial charge is 0.326 e. The summed E-state index contributed by atoms with van der Waals surface area (Å²) in [6, 6.07) is 14.0. The molecule has 0 saturated carbocycles. The Morgan fingerprint density at radius 3 is 1.79 bits per heavy atom. The van der Waals surface area contributed by atoms with Crippen molar-refractivity contribution in [1.29, 1.82) is 0 Å². The average molecular weight is 487 g/mol. The highest BCUT2D eigenvalue weighted by molar-refractivity contribution is 7.80. The average Bonchev–Trinajstić information content (AvgIpc) is 2.82. The van der Waals surface area contributed by atoms with Gasteiger partial charge in [-0.3, -0.25) is 14.4 Å². The van der Waals surface area contributed by atoms with E-state index in [2.05, 4.69) is 28.6 Å². The summed E-state index contributed by atoms with van der Waals surface area (Å²) in [6.07, 6.45) is 0.390. The van der Waals surface area contributed by atoms with Gasteiger partial charge in [0, 0.05) is 12.2 Å². The van der Waals surface area contributed by atoms with Crippen LogP contribution in [0.4, 0.5) is 0 Å². The van der Waals surface area contributed by atoms with Crippen LogP contribution in [0.1, 0.15) is 18.1 Å². The van der Waals surface area contributed by atoms with Gasteiger partial charge in [0.1, 0.15) is 18.1 Å². The first-order chi connectivity index (χ1) is 16.2. The van der Waals surface area contributed by atoms with Gasteiger partial charge in [-0.15, -0.1) is 0 Å². The Morgan fingerprint density at radius 1 is 0.794 bits per heavy atom. The van der Waals surface area contributed by atoms with Gasteiger partial charge in [0.25, 0.3) is 0 Å². The molecule has 0 bridgehead atoms. The lowest BCUT2D eigenvalue weighted by molar-refractivity contribution is -0.142. The van der Waals surface area contributed by atoms with E-state index in [1.165, 1.54) is 6.92 Å². The second kappa shape index (κ2) is 13.4. The van der Waals surface area contributed by atoms with Crippen LogP contribution in [-0.2, 0) is 32.0 Å². The van der Waals surface area contributed by atoms with E-state index >= 15 is 0 Å². The Bertz CT molecular complexity index is 974. The number of aliphatic carboxylic acids is 1. The highest BCUT2D eigenvalue weighted by Gasteiger charge is 2.28. The van der Waals surface area contributed by atoms with Crippen molar-refractivity contribution < 1.29 is 24.3 Å². The third-order valence-electron chi connectivity index (χ3n) is 5.10. The fraction of sp³-hybridized carbons (Fsp3) is 0.333. The molecule has 6 N–H and O–H groups in total. The van der Waals surface area contributed by atoms with Gasteiger partial charge < -0.3 is 26.8 Å². The Labute approximate surface area is 203 Å². The van der Waals surface area contributed by atoms with E-state index in [1.807, 2.05) is 30.3 Å². The third-order valence-corrected chi connectivity index (χ3v) is 5.47. The molecule has 2 rings (SSSR count). The molecule has 34 heavy (non-hydrogen) atoms. The molecule has 0 fully saturated rings. The van der Waals surface area contributed by atoms with E-state index in [-0.39, 0.29) is 12.2 Å². The molecule has 0 radical (unpaired) electrons. The standard InChI is InChI=1S/C24H30N4O5S/c1-15(26-22(30)18(25)12-16-8-4-2-5-9-16)21(29)28-20(14-34)23(31)27-19(24(32)33)13-17-10-6-3-7-11-17/h2-11,15,18-20,34H,12-14,25H2,1H3,(H,26,30)(H,27,31)(H,28,29)(H,32,33). The molecule has 4 atom stereocenters. The lowest BCUT2D eigenvalue weighted by atomic mass is 10.1. The molecule has 0 saturated heterocycles. The number of carbonyl (C=O) groups excluding carboxylic acids is 3. The second-order valence-corrected chi connectivity index (χ2v) is 8.22. The van der Waals surface area contributed by atoms with Crippen LogP contribution in [0.15, 0.2) is 60.7 Å². The zero-order valence-electron chi connectivity index (χ0n) is 18.8. The summed E-state index contributed by atoms with van der Waals surface area (Å²) >= 11 is 4.10. The number of thiol groups is 1. The van der Waals surface area contributed by atoms with Gasteiger partial charge in [0.2, 0.25) is 17.7 Å². The molecular weight excluding hydrogens is 456 g/mol. The van der Waals surface area contributed by atoms with Gasteiger partial charge in [0.15, 0.2) is 0 Å². The van der Waals surface area contributed by atoms with Gasteiger partial charge >= 0.3 is 5.97 Å². The first kappa shape index (κ1) is 26.9. The highest BCUT2D eigenvalue weighted by atomic mass is 32.1. The van der Waals surface area contributed by atoms with Crippen LogP contribution < -0.4 is 21.7 Å². The monoisotopic (exact) mass is 486 g/mol. The van der Waals surface area contributed by atoms with Gasteiger partial charge in [-0.05, 0) is 24.5 Å². The van der Waals surface area contributed by atoms with Gasteiger partial charge in [-0.1, -0.05) is 60.7 Å². The minimum absolute atomic E-state index is 0.0660. The molecule has 0 aliphatic heterocycles. The fourth-order valence-electron chi connectivity index (χ4n) is 3.16. The predicted octanol–water partition coefficient (Wildman–Crippen LogP) is 0.288. The number of nitrogens with one attached hydrogen (secondary N) is 3. The van der Waals surface area contributed by atoms with E-state index in [4.69, 9.17) is 5.73 Å². The first-order valence-corrected chi connectivity index (χ1v) is 11.4. The van der Waals surface area contributed by atoms with E-state index in [0.717, 1.165) is 11.1 Å². The van der Waals surface area contributed by atoms with E-state index < -0.39 is 47.9 Å². The molecule has 0 aliphatic carbocycles. The normalized spacial score (nSPS) is 14.2. The third kappa shape index (κ3) is 8.53. The minimum Gasteiger partial charge on any atom is -0.480 e. The Morgan fingerprint density at radius 2 is 1.29 bits per heavy atom. The summed E-state index contributed by atoms with van der Waals surface area (Å²) in [4.78, 5) is 49.2. The van der Waals surface area contributed by atoms with Gasteiger partial charge in [0.05, 0.1) is 6.04 Å². The maximum absolute atomic E-state index is 12.6. The number of benzene rings is 2. The van der Waals surface area contributed by atoms with Crippen molar-refractivity contribution in [1.82, 2.24) is 16.0 Å². The van der Waals surface area contributed by atoms with E-state index in [0.29, 0.717) is 6.42 Å². The number of carbonyl (C=O) groups is 4. The fourth-order valence-corrected chi connectivity index (χ4v) is 3.42. The summed E-state index contributed by atoms with van der Waals surface area (Å²) in [6.45, 7) is 1.46. The molecule has 2 aromatic rings. The lowest BCUT2D eigenvalue weighted by Gasteiger charge is -2.23. The molecule has 0 aromatic heterocycles. The van der Waals surface area contributed by atoms with Crippen molar-refractivity contribution in [2.45, 2.75) is 43.9 Å². The van der Waals surface area contributed by atoms with Gasteiger partial charge in [-0.2, -0.15) is 12.6 Å². The summed E-state index contributed by atoms with van der Waals surface area (Å²) in [5, 5.41) is 16.9. The maximum Gasteiger partial charge on any atom is 0.326 e. The SMILES string of the molecule is CC(NC(=O)C(N)Cc1ccccc1)C(=O)NC(CS)C(=O)NC(Cc1ccccc1)C(=O)O. The number of carboxylic acids is 1. The Kier molecular flexibility index (Phi) is 10.6. The quantitative estimate of drug-likeness (QED) is 0.237. The van der Waals surface area contributed by atoms with Crippen LogP contribution in [0.5, 0.6) is 0 Å². The minimum atomic E-state index is -1.20. The van der Waals surface area contributed by atoms with Gasteiger partial charge in [-0.25, -0.2) is 4.79 Å². The van der Waals surface area contributed by atoms with Crippen LogP contribution in [0.25, 0.3) is 0 Å². The summed E-state index contributed by atoms with van der Waals surface area (Å²) in [5.74, 6) is -3.08. The molecule has 4 unspecified atom stereocenters. The first-order valence-electron chi connectivity index (χ1n) is 10.8. The summed E-state index contributed by atoms with van der Waals surface area (Å²) < 4.78 is 0. The number of nitrogens with two attached hydrogens (primary N) is 1. The number of rotatable bonds is 12. The molecule has 0 aliphatic rings. The largest absolute Gasteiger partial charge is 0.480 e. The van der Waals surface area contributed by atoms with E-state index in [1.54, 1.807) is 30.3 Å². The number of hydrogen-bond acceptors (Lipinski definition) is 6. The zero-order valence-corrected chi connectivity index (χ0v) is 19.7. The zero-order chi connectivity index (χ0) is 25.1. The van der Waals surface area contributed by atoms with Crippen molar-refractivity contribution in [3.63, 3.8) is 0 Å². The Hall–Kier alpha value is -3.37. The van der Waals surface area contributed by atoms with Crippen molar-refractivity contribution >= 4 is 36.3 Å². The van der Waals surface area contributed by atoms with Crippen LogP contribution in [0, 0.1) is 0 Å². The van der Waals surface area contributed by atoms with Crippen LogP contribution >= 0.6 is 12.6 Å². The second-order valence-electron chi connectivity index (χ2n) is 7.86. The van der Waals surface area contributed by atoms with E-state index in [9.17, 15) is 24.3 Å². The molecular formula is C24H30N4O5S. The van der Waals surface area contributed by atoms with Crippen LogP contribution in [0.2, 0.25) is 0 Å². The maximum atomic E-state index is 12.6. The predicted molar refractivity (Wildman–Crippen MR) is 131 cm³/mol. The number of hydrogen-bond donors (Lipinski definition) is 6. The number of carboxylic acid groups (broad SMARTS) is 1. The van der Waals surface area contributed by atoms with Crippen LogP contribution in [-0.4, -0.2) is 58.7 Å². The summed E-state index contributed by atoms with van der Waals surface area (Å²) in [7, 11) is 0.